The molecule has 4 nitrogen and oxygen atoms in total. The lowest BCUT2D eigenvalue weighted by atomic mass is 10.2. The molecule has 0 fully saturated rings. The zero-order valence-corrected chi connectivity index (χ0v) is 10.3. The molecule has 1 aromatic heterocycles. The van der Waals surface area contributed by atoms with Gasteiger partial charge in [0.2, 0.25) is 0 Å². The van der Waals surface area contributed by atoms with Crippen LogP contribution >= 0.6 is 0 Å². The van der Waals surface area contributed by atoms with Gasteiger partial charge in [0.05, 0.1) is 0 Å². The lowest BCUT2D eigenvalue weighted by Gasteiger charge is -2.14. The number of nitrogens with one attached hydrogen (secondary N) is 1. The predicted molar refractivity (Wildman–Crippen MR) is 71.3 cm³/mol. The molecule has 1 aromatic carbocycles. The summed E-state index contributed by atoms with van der Waals surface area (Å²) < 4.78 is 0. The molecule has 0 saturated heterocycles. The maximum absolute atomic E-state index is 4.53. The van der Waals surface area contributed by atoms with Gasteiger partial charge >= 0.3 is 0 Å². The molecule has 4 heteroatoms. The highest BCUT2D eigenvalue weighted by molar-refractivity contribution is 5.61. The number of nitrogens with zero attached hydrogens (tertiary/aromatic N) is 3. The summed E-state index contributed by atoms with van der Waals surface area (Å²) >= 11 is 0. The van der Waals surface area contributed by atoms with Gasteiger partial charge in [-0.1, -0.05) is 30.3 Å². The van der Waals surface area contributed by atoms with Gasteiger partial charge in [0, 0.05) is 32.8 Å². The van der Waals surface area contributed by atoms with E-state index >= 15 is 0 Å². The molecule has 0 unspecified atom stereocenters. The van der Waals surface area contributed by atoms with Gasteiger partial charge < -0.3 is 10.2 Å². The zero-order chi connectivity index (χ0) is 12.3. The molecule has 88 valence electrons. The van der Waals surface area contributed by atoms with Crippen molar-refractivity contribution >= 4 is 11.6 Å². The van der Waals surface area contributed by atoms with E-state index in [1.54, 1.807) is 0 Å². The summed E-state index contributed by atoms with van der Waals surface area (Å²) in [5.41, 5.74) is 1.02. The number of hydrogen-bond acceptors (Lipinski definition) is 4. The molecular weight excluding hydrogens is 212 g/mol. The number of hydrogen-bond donors (Lipinski definition) is 1. The van der Waals surface area contributed by atoms with Crippen molar-refractivity contribution in [2.24, 2.45) is 0 Å². The van der Waals surface area contributed by atoms with Gasteiger partial charge in [0.1, 0.15) is 11.6 Å². The van der Waals surface area contributed by atoms with Crippen molar-refractivity contribution in [3.63, 3.8) is 0 Å². The van der Waals surface area contributed by atoms with Gasteiger partial charge in [-0.05, 0) is 0 Å². The Balaban J connectivity index is 2.50. The molecule has 0 bridgehead atoms. The van der Waals surface area contributed by atoms with Crippen molar-refractivity contribution < 1.29 is 0 Å². The fraction of sp³-hybridized carbons (Fsp3) is 0.231. The summed E-state index contributed by atoms with van der Waals surface area (Å²) in [4.78, 5) is 10.9. The molecule has 0 spiro atoms. The fourth-order valence-electron chi connectivity index (χ4n) is 1.51. The van der Waals surface area contributed by atoms with Gasteiger partial charge in [-0.3, -0.25) is 0 Å². The first-order chi connectivity index (χ1) is 8.20. The molecular formula is C13H16N4. The van der Waals surface area contributed by atoms with E-state index in [4.69, 9.17) is 0 Å². The van der Waals surface area contributed by atoms with Crippen LogP contribution in [-0.4, -0.2) is 31.1 Å². The average molecular weight is 228 g/mol. The Morgan fingerprint density at radius 3 is 2.35 bits per heavy atom. The summed E-state index contributed by atoms with van der Waals surface area (Å²) in [6, 6.07) is 11.9. The molecule has 2 aromatic rings. The average Bonchev–Trinajstić information content (AvgIpc) is 2.39. The number of benzene rings is 1. The summed E-state index contributed by atoms with van der Waals surface area (Å²) in [6.07, 6.45) is 0. The Morgan fingerprint density at radius 2 is 1.76 bits per heavy atom. The zero-order valence-electron chi connectivity index (χ0n) is 10.3. The molecule has 0 aliphatic rings. The second-order valence-electron chi connectivity index (χ2n) is 3.95. The summed E-state index contributed by atoms with van der Waals surface area (Å²) in [7, 11) is 5.80. The van der Waals surface area contributed by atoms with Crippen LogP contribution in [0.5, 0.6) is 0 Å². The van der Waals surface area contributed by atoms with Gasteiger partial charge in [0.25, 0.3) is 0 Å². The minimum atomic E-state index is 0.737. The van der Waals surface area contributed by atoms with Crippen molar-refractivity contribution in [2.75, 3.05) is 31.4 Å². The molecule has 0 aliphatic heterocycles. The van der Waals surface area contributed by atoms with E-state index in [1.165, 1.54) is 0 Å². The van der Waals surface area contributed by atoms with Gasteiger partial charge in [-0.2, -0.15) is 0 Å². The molecule has 0 atom stereocenters. The van der Waals surface area contributed by atoms with Crippen molar-refractivity contribution in [1.29, 1.82) is 0 Å². The van der Waals surface area contributed by atoms with Crippen LogP contribution < -0.4 is 10.2 Å². The van der Waals surface area contributed by atoms with E-state index in [0.29, 0.717) is 0 Å². The molecule has 1 N–H and O–H groups in total. The first kappa shape index (κ1) is 11.4. The molecule has 1 heterocycles. The highest BCUT2D eigenvalue weighted by atomic mass is 15.2. The predicted octanol–water partition coefficient (Wildman–Crippen LogP) is 2.25. The van der Waals surface area contributed by atoms with Crippen LogP contribution in [0.15, 0.2) is 36.4 Å². The quantitative estimate of drug-likeness (QED) is 0.874. The van der Waals surface area contributed by atoms with Crippen LogP contribution in [0.2, 0.25) is 0 Å². The Labute approximate surface area is 101 Å². The highest BCUT2D eigenvalue weighted by Gasteiger charge is 2.06. The van der Waals surface area contributed by atoms with Gasteiger partial charge in [-0.25, -0.2) is 9.97 Å². The van der Waals surface area contributed by atoms with E-state index < -0.39 is 0 Å². The third-order valence-electron chi connectivity index (χ3n) is 2.46. The second kappa shape index (κ2) is 4.82. The molecule has 2 rings (SSSR count). The maximum Gasteiger partial charge on any atom is 0.163 e. The van der Waals surface area contributed by atoms with Crippen LogP contribution in [0.3, 0.4) is 0 Å². The topological polar surface area (TPSA) is 41.0 Å². The van der Waals surface area contributed by atoms with Crippen molar-refractivity contribution in [3.8, 4) is 11.4 Å². The molecule has 0 saturated carbocycles. The summed E-state index contributed by atoms with van der Waals surface area (Å²) in [6.45, 7) is 0. The largest absolute Gasteiger partial charge is 0.373 e. The fourth-order valence-corrected chi connectivity index (χ4v) is 1.51. The maximum atomic E-state index is 4.53. The Hall–Kier alpha value is -2.10. The summed E-state index contributed by atoms with van der Waals surface area (Å²) in [5.74, 6) is 2.45. The lowest BCUT2D eigenvalue weighted by Crippen LogP contribution is -2.12. The van der Waals surface area contributed by atoms with E-state index in [2.05, 4.69) is 15.3 Å². The van der Waals surface area contributed by atoms with Gasteiger partial charge in [-0.15, -0.1) is 0 Å². The van der Waals surface area contributed by atoms with E-state index in [-0.39, 0.29) is 0 Å². The van der Waals surface area contributed by atoms with Crippen molar-refractivity contribution in [1.82, 2.24) is 9.97 Å². The van der Waals surface area contributed by atoms with Crippen LogP contribution in [0.25, 0.3) is 11.4 Å². The highest BCUT2D eigenvalue weighted by Crippen LogP contribution is 2.20. The van der Waals surface area contributed by atoms with E-state index in [9.17, 15) is 0 Å². The number of aromatic nitrogens is 2. The Morgan fingerprint density at radius 1 is 1.06 bits per heavy atom. The van der Waals surface area contributed by atoms with Crippen molar-refractivity contribution in [2.45, 2.75) is 0 Å². The monoisotopic (exact) mass is 228 g/mol. The van der Waals surface area contributed by atoms with Gasteiger partial charge in [0.15, 0.2) is 5.82 Å². The second-order valence-corrected chi connectivity index (χ2v) is 3.95. The normalized spacial score (nSPS) is 10.1. The standard InChI is InChI=1S/C13H16N4/c1-14-11-9-12(17(2)3)16-13(15-11)10-7-5-4-6-8-10/h4-9H,1-3H3,(H,14,15,16). The smallest absolute Gasteiger partial charge is 0.163 e. The molecule has 17 heavy (non-hydrogen) atoms. The lowest BCUT2D eigenvalue weighted by molar-refractivity contribution is 1.04. The Kier molecular flexibility index (Phi) is 3.23. The van der Waals surface area contributed by atoms with Crippen molar-refractivity contribution in [3.05, 3.63) is 36.4 Å². The first-order valence-corrected chi connectivity index (χ1v) is 5.50. The SMILES string of the molecule is CNc1cc(N(C)C)nc(-c2ccccc2)n1. The molecule has 0 aliphatic carbocycles. The van der Waals surface area contributed by atoms with E-state index in [0.717, 1.165) is 23.0 Å². The molecule has 0 amide bonds. The summed E-state index contributed by atoms with van der Waals surface area (Å²) in [5, 5.41) is 3.05. The van der Waals surface area contributed by atoms with Crippen LogP contribution in [0.1, 0.15) is 0 Å². The van der Waals surface area contributed by atoms with Crippen LogP contribution in [0, 0.1) is 0 Å². The third kappa shape index (κ3) is 2.53. The van der Waals surface area contributed by atoms with Crippen LogP contribution in [0.4, 0.5) is 11.6 Å². The third-order valence-corrected chi connectivity index (χ3v) is 2.46. The minimum Gasteiger partial charge on any atom is -0.373 e. The minimum absolute atomic E-state index is 0.737. The number of anilines is 2. The first-order valence-electron chi connectivity index (χ1n) is 5.50. The Bertz CT molecular complexity index is 494. The van der Waals surface area contributed by atoms with Crippen LogP contribution in [-0.2, 0) is 0 Å². The molecule has 0 radical (unpaired) electrons. The van der Waals surface area contributed by atoms with E-state index in [1.807, 2.05) is 62.4 Å². The number of rotatable bonds is 3.